The van der Waals surface area contributed by atoms with Crippen LogP contribution in [0.4, 0.5) is 8.78 Å². The molecule has 0 unspecified atom stereocenters. The summed E-state index contributed by atoms with van der Waals surface area (Å²) in [5, 5.41) is 3.95. The van der Waals surface area contributed by atoms with Crippen LogP contribution in [0.5, 0.6) is 0 Å². The summed E-state index contributed by atoms with van der Waals surface area (Å²) >= 11 is 0. The van der Waals surface area contributed by atoms with Gasteiger partial charge < -0.3 is 14.0 Å². The molecule has 0 saturated carbocycles. The lowest BCUT2D eigenvalue weighted by atomic mass is 10.2. The highest BCUT2D eigenvalue weighted by Crippen LogP contribution is 2.26. The molecule has 2 aromatic carbocycles. The number of hydrogen-bond acceptors (Lipinski definition) is 5. The topological polar surface area (TPSA) is 77.0 Å². The summed E-state index contributed by atoms with van der Waals surface area (Å²) < 4.78 is 33.8. The fourth-order valence-electron chi connectivity index (χ4n) is 3.81. The number of aromatic nitrogens is 4. The van der Waals surface area contributed by atoms with Crippen molar-refractivity contribution in [2.24, 2.45) is 0 Å². The van der Waals surface area contributed by atoms with Gasteiger partial charge in [0.1, 0.15) is 0 Å². The van der Waals surface area contributed by atoms with Gasteiger partial charge in [-0.25, -0.2) is 13.8 Å². The Morgan fingerprint density at radius 1 is 1.03 bits per heavy atom. The van der Waals surface area contributed by atoms with Crippen LogP contribution in [0.2, 0.25) is 0 Å². The highest BCUT2D eigenvalue weighted by molar-refractivity contribution is 5.81. The van der Waals surface area contributed by atoms with E-state index in [4.69, 9.17) is 4.52 Å². The van der Waals surface area contributed by atoms with E-state index in [1.165, 1.54) is 6.07 Å². The largest absolute Gasteiger partial charge is 0.343 e. The van der Waals surface area contributed by atoms with Gasteiger partial charge in [0.2, 0.25) is 11.7 Å². The standard InChI is InChI=1S/C22H19F2N5O2/c23-16-5-3-15(11-17(16)24)22-26-21(27-31-22)14-4-6-19-18(12-14)25-13-29(19)10-7-20(30)28-8-1-2-9-28/h3-6,11-13H,1-2,7-10H2. The number of carbonyl (C=O) groups is 1. The molecule has 31 heavy (non-hydrogen) atoms. The van der Waals surface area contributed by atoms with Gasteiger partial charge in [-0.3, -0.25) is 4.79 Å². The van der Waals surface area contributed by atoms with Crippen molar-refractivity contribution in [1.82, 2.24) is 24.6 Å². The molecule has 1 amide bonds. The SMILES string of the molecule is O=C(CCn1cnc2cc(-c3noc(-c4ccc(F)c(F)c4)n3)ccc21)N1CCCC1. The van der Waals surface area contributed by atoms with Gasteiger partial charge in [-0.1, -0.05) is 5.16 Å². The Bertz CT molecular complexity index is 1260. The summed E-state index contributed by atoms with van der Waals surface area (Å²) in [6.07, 6.45) is 4.32. The summed E-state index contributed by atoms with van der Waals surface area (Å²) in [6.45, 7) is 2.27. The molecule has 158 valence electrons. The van der Waals surface area contributed by atoms with Crippen LogP contribution in [0.25, 0.3) is 33.9 Å². The van der Waals surface area contributed by atoms with Crippen molar-refractivity contribution in [3.8, 4) is 22.8 Å². The van der Waals surface area contributed by atoms with Crippen molar-refractivity contribution in [2.45, 2.75) is 25.8 Å². The zero-order valence-corrected chi connectivity index (χ0v) is 16.6. The molecule has 0 N–H and O–H groups in total. The van der Waals surface area contributed by atoms with Crippen LogP contribution in [0.1, 0.15) is 19.3 Å². The molecule has 4 aromatic rings. The number of likely N-dealkylation sites (tertiary alicyclic amines) is 1. The van der Waals surface area contributed by atoms with Crippen molar-refractivity contribution in [3.05, 3.63) is 54.4 Å². The Morgan fingerprint density at radius 3 is 2.65 bits per heavy atom. The van der Waals surface area contributed by atoms with Gasteiger partial charge in [0, 0.05) is 37.2 Å². The minimum absolute atomic E-state index is 0.0972. The van der Waals surface area contributed by atoms with Gasteiger partial charge in [-0.05, 0) is 49.2 Å². The van der Waals surface area contributed by atoms with Crippen molar-refractivity contribution < 1.29 is 18.1 Å². The number of rotatable bonds is 5. The summed E-state index contributed by atoms with van der Waals surface area (Å²) in [5.74, 6) is -1.33. The summed E-state index contributed by atoms with van der Waals surface area (Å²) in [7, 11) is 0. The number of aryl methyl sites for hydroxylation is 1. The van der Waals surface area contributed by atoms with Crippen LogP contribution in [-0.4, -0.2) is 43.6 Å². The summed E-state index contributed by atoms with van der Waals surface area (Å²) in [6, 6.07) is 8.97. The molecule has 9 heteroatoms. The molecule has 2 aromatic heterocycles. The van der Waals surface area contributed by atoms with Crippen molar-refractivity contribution >= 4 is 16.9 Å². The molecule has 5 rings (SSSR count). The van der Waals surface area contributed by atoms with Crippen LogP contribution < -0.4 is 0 Å². The lowest BCUT2D eigenvalue weighted by Crippen LogP contribution is -2.28. The smallest absolute Gasteiger partial charge is 0.258 e. The number of carbonyl (C=O) groups excluding carboxylic acids is 1. The normalized spacial score (nSPS) is 13.9. The van der Waals surface area contributed by atoms with Crippen LogP contribution in [-0.2, 0) is 11.3 Å². The third-order valence-corrected chi connectivity index (χ3v) is 5.50. The fraction of sp³-hybridized carbons (Fsp3) is 0.273. The first-order valence-electron chi connectivity index (χ1n) is 10.1. The highest BCUT2D eigenvalue weighted by atomic mass is 19.2. The number of halogens is 2. The van der Waals surface area contributed by atoms with E-state index in [1.807, 2.05) is 27.7 Å². The predicted molar refractivity (Wildman–Crippen MR) is 109 cm³/mol. The molecule has 0 aliphatic carbocycles. The lowest BCUT2D eigenvalue weighted by Gasteiger charge is -2.15. The monoisotopic (exact) mass is 423 g/mol. The Kier molecular flexibility index (Phi) is 4.93. The third kappa shape index (κ3) is 3.78. The van der Waals surface area contributed by atoms with E-state index in [0.717, 1.165) is 49.1 Å². The van der Waals surface area contributed by atoms with E-state index >= 15 is 0 Å². The second kappa shape index (κ2) is 7.90. The Morgan fingerprint density at radius 2 is 1.84 bits per heavy atom. The third-order valence-electron chi connectivity index (χ3n) is 5.50. The van der Waals surface area contributed by atoms with Crippen LogP contribution >= 0.6 is 0 Å². The Balaban J connectivity index is 1.34. The summed E-state index contributed by atoms with van der Waals surface area (Å²) in [4.78, 5) is 22.9. The molecule has 1 fully saturated rings. The first kappa shape index (κ1) is 19.3. The number of fused-ring (bicyclic) bond motifs is 1. The van der Waals surface area contributed by atoms with E-state index in [0.29, 0.717) is 29.9 Å². The van der Waals surface area contributed by atoms with Gasteiger partial charge in [-0.15, -0.1) is 0 Å². The predicted octanol–water partition coefficient (Wildman–Crippen LogP) is 4.04. The van der Waals surface area contributed by atoms with E-state index in [-0.39, 0.29) is 11.8 Å². The first-order chi connectivity index (χ1) is 15.1. The molecular weight excluding hydrogens is 404 g/mol. The van der Waals surface area contributed by atoms with E-state index in [1.54, 1.807) is 6.33 Å². The highest BCUT2D eigenvalue weighted by Gasteiger charge is 2.18. The van der Waals surface area contributed by atoms with E-state index < -0.39 is 11.6 Å². The number of benzene rings is 2. The maximum absolute atomic E-state index is 13.5. The number of hydrogen-bond donors (Lipinski definition) is 0. The average molecular weight is 423 g/mol. The molecular formula is C22H19F2N5O2. The number of amides is 1. The molecule has 7 nitrogen and oxygen atoms in total. The number of nitrogens with zero attached hydrogens (tertiary/aromatic N) is 5. The van der Waals surface area contributed by atoms with Gasteiger partial charge in [0.05, 0.1) is 17.4 Å². The lowest BCUT2D eigenvalue weighted by molar-refractivity contribution is -0.130. The number of imidazole rings is 1. The fourth-order valence-corrected chi connectivity index (χ4v) is 3.81. The zero-order valence-electron chi connectivity index (χ0n) is 16.6. The Hall–Kier alpha value is -3.62. The second-order valence-corrected chi connectivity index (χ2v) is 7.53. The maximum atomic E-state index is 13.5. The Labute approximate surface area is 176 Å². The molecule has 0 bridgehead atoms. The van der Waals surface area contributed by atoms with Gasteiger partial charge in [0.25, 0.3) is 5.89 Å². The summed E-state index contributed by atoms with van der Waals surface area (Å²) in [5.41, 5.74) is 2.63. The molecule has 1 aliphatic rings. The van der Waals surface area contributed by atoms with Gasteiger partial charge >= 0.3 is 0 Å². The van der Waals surface area contributed by atoms with E-state index in [9.17, 15) is 13.6 Å². The van der Waals surface area contributed by atoms with Gasteiger partial charge in [-0.2, -0.15) is 4.98 Å². The van der Waals surface area contributed by atoms with Crippen LogP contribution in [0, 0.1) is 11.6 Å². The zero-order chi connectivity index (χ0) is 21.4. The van der Waals surface area contributed by atoms with Crippen molar-refractivity contribution in [1.29, 1.82) is 0 Å². The van der Waals surface area contributed by atoms with Crippen LogP contribution in [0.3, 0.4) is 0 Å². The minimum Gasteiger partial charge on any atom is -0.343 e. The molecule has 3 heterocycles. The van der Waals surface area contributed by atoms with Crippen molar-refractivity contribution in [2.75, 3.05) is 13.1 Å². The van der Waals surface area contributed by atoms with Crippen molar-refractivity contribution in [3.63, 3.8) is 0 Å². The quantitative estimate of drug-likeness (QED) is 0.484. The molecule has 0 atom stereocenters. The molecule has 0 radical (unpaired) electrons. The van der Waals surface area contributed by atoms with Gasteiger partial charge in [0.15, 0.2) is 11.6 Å². The maximum Gasteiger partial charge on any atom is 0.258 e. The first-order valence-corrected chi connectivity index (χ1v) is 10.1. The van der Waals surface area contributed by atoms with E-state index in [2.05, 4.69) is 15.1 Å². The average Bonchev–Trinajstić information content (AvgIpc) is 3.54. The molecule has 1 aliphatic heterocycles. The minimum atomic E-state index is -0.979. The molecule has 1 saturated heterocycles. The molecule has 0 spiro atoms. The van der Waals surface area contributed by atoms with Crippen LogP contribution in [0.15, 0.2) is 47.2 Å². The second-order valence-electron chi connectivity index (χ2n) is 7.53.